The van der Waals surface area contributed by atoms with Crippen molar-refractivity contribution in [2.45, 2.75) is 30.7 Å². The summed E-state index contributed by atoms with van der Waals surface area (Å²) in [6, 6.07) is 12.3. The minimum Gasteiger partial charge on any atom is -0.348 e. The number of hydrogen-bond donors (Lipinski definition) is 2. The molecule has 1 saturated heterocycles. The molecule has 0 aromatic heterocycles. The van der Waals surface area contributed by atoms with E-state index in [1.54, 1.807) is 30.3 Å². The molecule has 9 heteroatoms. The Balaban J connectivity index is 1.72. The van der Waals surface area contributed by atoms with Gasteiger partial charge in [0.15, 0.2) is 9.84 Å². The van der Waals surface area contributed by atoms with Crippen LogP contribution < -0.4 is 10.0 Å². The van der Waals surface area contributed by atoms with E-state index >= 15 is 0 Å². The summed E-state index contributed by atoms with van der Waals surface area (Å²) in [4.78, 5) is 12.5. The lowest BCUT2D eigenvalue weighted by Gasteiger charge is -2.12. The van der Waals surface area contributed by atoms with E-state index in [1.807, 2.05) is 6.92 Å². The van der Waals surface area contributed by atoms with Crippen molar-refractivity contribution in [3.63, 3.8) is 0 Å². The van der Waals surface area contributed by atoms with Crippen molar-refractivity contribution in [3.05, 3.63) is 59.7 Å². The molecule has 1 aliphatic heterocycles. The Labute approximate surface area is 165 Å². The maximum absolute atomic E-state index is 12.6. The first kappa shape index (κ1) is 20.3. The van der Waals surface area contributed by atoms with Gasteiger partial charge in [-0.3, -0.25) is 9.52 Å². The summed E-state index contributed by atoms with van der Waals surface area (Å²) in [6.07, 6.45) is 1.20. The first-order chi connectivity index (χ1) is 13.2. The Morgan fingerprint density at radius 3 is 2.46 bits per heavy atom. The lowest BCUT2D eigenvalue weighted by atomic mass is 10.1. The lowest BCUT2D eigenvalue weighted by molar-refractivity contribution is 0.0941. The molecule has 2 aromatic rings. The summed E-state index contributed by atoms with van der Waals surface area (Å²) in [5, 5.41) is 2.69. The summed E-state index contributed by atoms with van der Waals surface area (Å²) in [6.45, 7) is 1.99. The van der Waals surface area contributed by atoms with Crippen LogP contribution in [0.5, 0.6) is 0 Å². The second-order valence-corrected chi connectivity index (χ2v) is 10.7. The second kappa shape index (κ2) is 7.92. The zero-order valence-electron chi connectivity index (χ0n) is 15.4. The highest BCUT2D eigenvalue weighted by molar-refractivity contribution is 7.92. The predicted octanol–water partition coefficient (Wildman–Crippen LogP) is 1.97. The molecule has 0 spiro atoms. The number of benzene rings is 2. The molecular weight excluding hydrogens is 400 g/mol. The minimum absolute atomic E-state index is 0.0641. The molecule has 0 radical (unpaired) electrons. The van der Waals surface area contributed by atoms with E-state index < -0.39 is 31.8 Å². The third-order valence-corrected chi connectivity index (χ3v) is 7.75. The second-order valence-electron chi connectivity index (χ2n) is 6.76. The van der Waals surface area contributed by atoms with Crippen LogP contribution in [0, 0.1) is 0 Å². The van der Waals surface area contributed by atoms with Crippen LogP contribution in [0.2, 0.25) is 0 Å². The monoisotopic (exact) mass is 422 g/mol. The van der Waals surface area contributed by atoms with Crippen molar-refractivity contribution in [1.82, 2.24) is 5.32 Å². The van der Waals surface area contributed by atoms with E-state index in [0.717, 1.165) is 12.0 Å². The number of nitrogens with one attached hydrogen (secondary N) is 2. The topological polar surface area (TPSA) is 109 Å². The largest absolute Gasteiger partial charge is 0.348 e. The summed E-state index contributed by atoms with van der Waals surface area (Å²) >= 11 is 0. The number of carbonyl (C=O) groups is 1. The summed E-state index contributed by atoms with van der Waals surface area (Å²) < 4.78 is 50.6. The molecule has 0 bridgehead atoms. The average molecular weight is 423 g/mol. The number of anilines is 1. The summed E-state index contributed by atoms with van der Waals surface area (Å²) in [7, 11) is -6.88. The number of sulfonamides is 1. The van der Waals surface area contributed by atoms with Crippen molar-refractivity contribution >= 4 is 31.5 Å². The van der Waals surface area contributed by atoms with Crippen molar-refractivity contribution in [3.8, 4) is 0 Å². The highest BCUT2D eigenvalue weighted by Gasteiger charge is 2.29. The van der Waals surface area contributed by atoms with Gasteiger partial charge < -0.3 is 5.32 Å². The Morgan fingerprint density at radius 1 is 1.14 bits per heavy atom. The van der Waals surface area contributed by atoms with Crippen LogP contribution >= 0.6 is 0 Å². The van der Waals surface area contributed by atoms with Crippen LogP contribution in [-0.4, -0.2) is 40.3 Å². The Morgan fingerprint density at radius 2 is 1.86 bits per heavy atom. The number of aryl methyl sites for hydroxylation is 1. The van der Waals surface area contributed by atoms with Crippen molar-refractivity contribution in [2.24, 2.45) is 0 Å². The maximum atomic E-state index is 12.6. The van der Waals surface area contributed by atoms with Gasteiger partial charge in [-0.15, -0.1) is 0 Å². The molecule has 2 aromatic carbocycles. The van der Waals surface area contributed by atoms with Crippen LogP contribution in [0.15, 0.2) is 53.4 Å². The standard InChI is InChI=1S/C19H22N2O5S2/c1-2-14-6-8-18(9-7-14)28(25,26)21-16-5-3-4-15(12-16)19(22)20-17-10-11-27(23,24)13-17/h3-9,12,17,21H,2,10-11,13H2,1H3,(H,20,22)/t17-/m0/s1. The molecule has 3 rings (SSSR count). The zero-order chi connectivity index (χ0) is 20.4. The molecule has 1 aliphatic rings. The fourth-order valence-electron chi connectivity index (χ4n) is 3.02. The third-order valence-electron chi connectivity index (χ3n) is 4.59. The van der Waals surface area contributed by atoms with Gasteiger partial charge in [0.05, 0.1) is 16.4 Å². The number of sulfone groups is 1. The van der Waals surface area contributed by atoms with Crippen molar-refractivity contribution in [1.29, 1.82) is 0 Å². The van der Waals surface area contributed by atoms with E-state index in [2.05, 4.69) is 10.0 Å². The first-order valence-corrected chi connectivity index (χ1v) is 12.2. The van der Waals surface area contributed by atoms with Crippen LogP contribution in [0.25, 0.3) is 0 Å². The Bertz CT molecular complexity index is 1080. The van der Waals surface area contributed by atoms with E-state index in [0.29, 0.717) is 6.42 Å². The van der Waals surface area contributed by atoms with Gasteiger partial charge in [0.25, 0.3) is 15.9 Å². The normalized spacial score (nSPS) is 18.5. The molecule has 2 N–H and O–H groups in total. The first-order valence-electron chi connectivity index (χ1n) is 8.91. The smallest absolute Gasteiger partial charge is 0.261 e. The van der Waals surface area contributed by atoms with Crippen LogP contribution in [0.1, 0.15) is 29.3 Å². The molecule has 7 nitrogen and oxygen atoms in total. The van der Waals surface area contributed by atoms with Gasteiger partial charge in [0, 0.05) is 17.3 Å². The molecule has 28 heavy (non-hydrogen) atoms. The molecule has 0 aliphatic carbocycles. The average Bonchev–Trinajstić information content (AvgIpc) is 3.00. The quantitative estimate of drug-likeness (QED) is 0.740. The van der Waals surface area contributed by atoms with Crippen LogP contribution in [-0.2, 0) is 26.3 Å². The number of carbonyl (C=O) groups excluding carboxylic acids is 1. The van der Waals surface area contributed by atoms with Crippen molar-refractivity contribution < 1.29 is 21.6 Å². The SMILES string of the molecule is CCc1ccc(S(=O)(=O)Nc2cccc(C(=O)N[C@H]3CCS(=O)(=O)C3)c2)cc1. The Hall–Kier alpha value is -2.39. The zero-order valence-corrected chi connectivity index (χ0v) is 17.0. The molecule has 1 atom stereocenters. The highest BCUT2D eigenvalue weighted by Crippen LogP contribution is 2.19. The van der Waals surface area contributed by atoms with Gasteiger partial charge in [-0.1, -0.05) is 25.1 Å². The lowest BCUT2D eigenvalue weighted by Crippen LogP contribution is -2.35. The van der Waals surface area contributed by atoms with Crippen LogP contribution in [0.4, 0.5) is 5.69 Å². The van der Waals surface area contributed by atoms with Gasteiger partial charge >= 0.3 is 0 Å². The molecule has 1 fully saturated rings. The Kier molecular flexibility index (Phi) is 5.76. The molecule has 150 valence electrons. The van der Waals surface area contributed by atoms with E-state index in [-0.39, 0.29) is 27.7 Å². The molecule has 1 amide bonds. The van der Waals surface area contributed by atoms with E-state index in [4.69, 9.17) is 0 Å². The predicted molar refractivity (Wildman–Crippen MR) is 108 cm³/mol. The summed E-state index contributed by atoms with van der Waals surface area (Å²) in [5.41, 5.74) is 1.55. The van der Waals surface area contributed by atoms with Gasteiger partial charge in [-0.05, 0) is 48.7 Å². The van der Waals surface area contributed by atoms with E-state index in [9.17, 15) is 21.6 Å². The van der Waals surface area contributed by atoms with Gasteiger partial charge in [-0.2, -0.15) is 0 Å². The number of amides is 1. The number of rotatable bonds is 6. The molecular formula is C19H22N2O5S2. The molecule has 1 heterocycles. The highest BCUT2D eigenvalue weighted by atomic mass is 32.2. The molecule has 0 unspecified atom stereocenters. The van der Waals surface area contributed by atoms with Crippen molar-refractivity contribution in [2.75, 3.05) is 16.2 Å². The number of hydrogen-bond acceptors (Lipinski definition) is 5. The van der Waals surface area contributed by atoms with Crippen LogP contribution in [0.3, 0.4) is 0 Å². The summed E-state index contributed by atoms with van der Waals surface area (Å²) in [5.74, 6) is -0.441. The maximum Gasteiger partial charge on any atom is 0.261 e. The molecule has 0 saturated carbocycles. The van der Waals surface area contributed by atoms with Gasteiger partial charge in [0.2, 0.25) is 0 Å². The fourth-order valence-corrected chi connectivity index (χ4v) is 5.74. The van der Waals surface area contributed by atoms with Gasteiger partial charge in [0.1, 0.15) is 0 Å². The third kappa shape index (κ3) is 4.90. The van der Waals surface area contributed by atoms with E-state index in [1.165, 1.54) is 18.2 Å². The minimum atomic E-state index is -3.78. The van der Waals surface area contributed by atoms with Gasteiger partial charge in [-0.25, -0.2) is 16.8 Å². The fraction of sp³-hybridized carbons (Fsp3) is 0.316.